The van der Waals surface area contributed by atoms with Crippen LogP contribution < -0.4 is 0 Å². The standard InChI is InChI=1S/C21H39F3O3Si3/c1-17(15-28-12-6-4-10-25-28)30(14-8-9-21(2,3)27-30)18(19(22)20(23)24)16-29-13-7-5-11-26-29/h18-20,28-29H,1,4-16H2,2-3H3. The molecule has 0 amide bonds. The van der Waals surface area contributed by atoms with Crippen molar-refractivity contribution in [2.45, 2.75) is 106 Å². The van der Waals surface area contributed by atoms with Crippen LogP contribution in [0, 0.1) is 0 Å². The van der Waals surface area contributed by atoms with Crippen LogP contribution in [0.1, 0.15) is 52.4 Å². The lowest BCUT2D eigenvalue weighted by Crippen LogP contribution is -2.58. The van der Waals surface area contributed by atoms with Crippen LogP contribution in [-0.4, -0.2) is 57.8 Å². The highest BCUT2D eigenvalue weighted by atomic mass is 28.4. The SMILES string of the molecule is C=C(C[SiH]1CCCCO1)[Si]1(C(C[SiH]2CCCCO2)C(F)C(F)F)CCCC(C)(C)O1. The Morgan fingerprint density at radius 1 is 1.00 bits per heavy atom. The third kappa shape index (κ3) is 6.10. The molecule has 0 bridgehead atoms. The molecule has 3 fully saturated rings. The first kappa shape index (κ1) is 24.7. The largest absolute Gasteiger partial charge is 0.420 e. The van der Waals surface area contributed by atoms with E-state index >= 15 is 4.39 Å². The van der Waals surface area contributed by atoms with Crippen molar-refractivity contribution in [3.63, 3.8) is 0 Å². The van der Waals surface area contributed by atoms with Gasteiger partial charge >= 0.3 is 0 Å². The third-order valence-corrected chi connectivity index (χ3v) is 18.7. The zero-order valence-corrected chi connectivity index (χ0v) is 22.0. The lowest BCUT2D eigenvalue weighted by Gasteiger charge is -2.50. The molecule has 0 saturated carbocycles. The van der Waals surface area contributed by atoms with Gasteiger partial charge in [0.25, 0.3) is 6.43 Å². The van der Waals surface area contributed by atoms with Crippen LogP contribution >= 0.6 is 0 Å². The summed E-state index contributed by atoms with van der Waals surface area (Å²) < 4.78 is 61.7. The van der Waals surface area contributed by atoms with Crippen molar-refractivity contribution in [1.29, 1.82) is 0 Å². The number of halogens is 3. The van der Waals surface area contributed by atoms with Crippen LogP contribution in [0.2, 0.25) is 35.8 Å². The molecule has 9 heteroatoms. The Bertz CT molecular complexity index is 569. The van der Waals surface area contributed by atoms with Crippen LogP contribution in [0.3, 0.4) is 0 Å². The quantitative estimate of drug-likeness (QED) is 0.420. The predicted octanol–water partition coefficient (Wildman–Crippen LogP) is 5.66. The van der Waals surface area contributed by atoms with E-state index in [1.54, 1.807) is 0 Å². The average Bonchev–Trinajstić information content (AvgIpc) is 2.72. The molecule has 0 N–H and O–H groups in total. The van der Waals surface area contributed by atoms with E-state index in [4.69, 9.17) is 13.3 Å². The van der Waals surface area contributed by atoms with Crippen LogP contribution in [-0.2, 0) is 13.3 Å². The van der Waals surface area contributed by atoms with Gasteiger partial charge in [0.15, 0.2) is 24.3 Å². The second kappa shape index (κ2) is 10.8. The molecule has 0 spiro atoms. The second-order valence-electron chi connectivity index (χ2n) is 10.0. The van der Waals surface area contributed by atoms with Gasteiger partial charge in [0.1, 0.15) is 0 Å². The first-order valence-electron chi connectivity index (χ1n) is 11.8. The van der Waals surface area contributed by atoms with E-state index in [9.17, 15) is 8.78 Å². The molecular weight excluding hydrogens is 441 g/mol. The molecule has 3 saturated heterocycles. The van der Waals surface area contributed by atoms with Crippen molar-refractivity contribution in [1.82, 2.24) is 0 Å². The molecule has 30 heavy (non-hydrogen) atoms. The maximum Gasteiger partial charge on any atom is 0.269 e. The molecule has 5 unspecified atom stereocenters. The van der Waals surface area contributed by atoms with Gasteiger partial charge in [-0.2, -0.15) is 0 Å². The van der Waals surface area contributed by atoms with Gasteiger partial charge in [-0.25, -0.2) is 13.2 Å². The van der Waals surface area contributed by atoms with Crippen molar-refractivity contribution in [3.8, 4) is 0 Å². The van der Waals surface area contributed by atoms with Gasteiger partial charge in [-0.15, -0.1) is 6.58 Å². The summed E-state index contributed by atoms with van der Waals surface area (Å²) in [5.74, 6) is 0. The fourth-order valence-electron chi connectivity index (χ4n) is 5.59. The highest BCUT2D eigenvalue weighted by Crippen LogP contribution is 2.50. The van der Waals surface area contributed by atoms with E-state index in [0.717, 1.165) is 62.0 Å². The first-order chi connectivity index (χ1) is 14.2. The highest BCUT2D eigenvalue weighted by molar-refractivity contribution is 6.84. The van der Waals surface area contributed by atoms with E-state index in [-0.39, 0.29) is 0 Å². The van der Waals surface area contributed by atoms with E-state index in [1.165, 1.54) is 6.42 Å². The fourth-order valence-corrected chi connectivity index (χ4v) is 19.0. The maximum absolute atomic E-state index is 15.3. The number of hydrogen-bond donors (Lipinski definition) is 0. The van der Waals surface area contributed by atoms with Crippen LogP contribution in [0.5, 0.6) is 0 Å². The Morgan fingerprint density at radius 2 is 1.63 bits per heavy atom. The zero-order chi connectivity index (χ0) is 21.8. The summed E-state index contributed by atoms with van der Waals surface area (Å²) in [4.78, 5) is 0. The maximum atomic E-state index is 15.3. The summed E-state index contributed by atoms with van der Waals surface area (Å²) in [5, 5.41) is 0.937. The summed E-state index contributed by atoms with van der Waals surface area (Å²) in [5.41, 5.74) is -1.17. The van der Waals surface area contributed by atoms with Gasteiger partial charge < -0.3 is 13.3 Å². The Morgan fingerprint density at radius 3 is 2.17 bits per heavy atom. The molecule has 0 aromatic carbocycles. The summed E-state index contributed by atoms with van der Waals surface area (Å²) in [7, 11) is -6.15. The minimum atomic E-state index is -2.98. The number of allylic oxidation sites excluding steroid dienone is 1. The molecule has 3 aliphatic heterocycles. The molecule has 174 valence electrons. The number of hydrogen-bond acceptors (Lipinski definition) is 3. The molecule has 3 rings (SSSR count). The van der Waals surface area contributed by atoms with Crippen molar-refractivity contribution in [2.75, 3.05) is 13.2 Å². The lowest BCUT2D eigenvalue weighted by molar-refractivity contribution is 0.0270. The van der Waals surface area contributed by atoms with E-state index < -0.39 is 50.1 Å². The Labute approximate surface area is 184 Å². The fraction of sp³-hybridized carbons (Fsp3) is 0.905. The minimum Gasteiger partial charge on any atom is -0.420 e. The summed E-state index contributed by atoms with van der Waals surface area (Å²) in [6.07, 6.45) is 0.974. The van der Waals surface area contributed by atoms with Crippen molar-refractivity contribution in [3.05, 3.63) is 11.8 Å². The van der Waals surface area contributed by atoms with Gasteiger partial charge in [-0.05, 0) is 63.3 Å². The van der Waals surface area contributed by atoms with Gasteiger partial charge in [-0.3, -0.25) is 0 Å². The average molecular weight is 481 g/mol. The van der Waals surface area contributed by atoms with Gasteiger partial charge in [-0.1, -0.05) is 24.5 Å². The lowest BCUT2D eigenvalue weighted by atomic mass is 10.0. The van der Waals surface area contributed by atoms with Gasteiger partial charge in [0.2, 0.25) is 8.32 Å². The molecule has 0 aromatic heterocycles. The Hall–Kier alpha value is 0.0606. The van der Waals surface area contributed by atoms with Crippen LogP contribution in [0.15, 0.2) is 11.8 Å². The Kier molecular flexibility index (Phi) is 8.88. The molecule has 3 heterocycles. The van der Waals surface area contributed by atoms with Gasteiger partial charge in [0.05, 0.1) is 5.60 Å². The van der Waals surface area contributed by atoms with Gasteiger partial charge in [0, 0.05) is 18.8 Å². The predicted molar refractivity (Wildman–Crippen MR) is 123 cm³/mol. The molecule has 3 aliphatic rings. The molecule has 3 nitrogen and oxygen atoms in total. The highest BCUT2D eigenvalue weighted by Gasteiger charge is 2.56. The van der Waals surface area contributed by atoms with E-state index in [2.05, 4.69) is 6.58 Å². The minimum absolute atomic E-state index is 0.419. The summed E-state index contributed by atoms with van der Waals surface area (Å²) in [6, 6.07) is 3.95. The first-order valence-corrected chi connectivity index (χ1v) is 18.2. The van der Waals surface area contributed by atoms with Crippen LogP contribution in [0.4, 0.5) is 13.2 Å². The smallest absolute Gasteiger partial charge is 0.269 e. The number of alkyl halides is 3. The van der Waals surface area contributed by atoms with Crippen molar-refractivity contribution in [2.24, 2.45) is 0 Å². The molecule has 0 aliphatic carbocycles. The molecule has 0 aromatic rings. The third-order valence-electron chi connectivity index (χ3n) is 7.15. The normalized spacial score (nSPS) is 34.5. The second-order valence-corrected chi connectivity index (χ2v) is 19.1. The van der Waals surface area contributed by atoms with Crippen molar-refractivity contribution >= 4 is 26.4 Å². The topological polar surface area (TPSA) is 27.7 Å². The zero-order valence-electron chi connectivity index (χ0n) is 18.6. The summed E-state index contributed by atoms with van der Waals surface area (Å²) >= 11 is 0. The van der Waals surface area contributed by atoms with E-state index in [1.807, 2.05) is 13.8 Å². The van der Waals surface area contributed by atoms with E-state index in [0.29, 0.717) is 18.7 Å². The molecule has 5 atom stereocenters. The van der Waals surface area contributed by atoms with Crippen LogP contribution in [0.25, 0.3) is 0 Å². The Balaban J connectivity index is 1.89. The number of rotatable bonds is 8. The molecular formula is C21H39F3O3Si3. The summed E-state index contributed by atoms with van der Waals surface area (Å²) in [6.45, 7) is 9.96. The van der Waals surface area contributed by atoms with Crippen molar-refractivity contribution < 1.29 is 26.4 Å². The monoisotopic (exact) mass is 480 g/mol. The molecule has 0 radical (unpaired) electrons.